The fourth-order valence-corrected chi connectivity index (χ4v) is 3.84. The highest BCUT2D eigenvalue weighted by atomic mass is 16.5. The van der Waals surface area contributed by atoms with Crippen LogP contribution in [0.2, 0.25) is 0 Å². The third-order valence-corrected chi connectivity index (χ3v) is 5.84. The van der Waals surface area contributed by atoms with Gasteiger partial charge in [-0.3, -0.25) is 4.79 Å². The number of likely N-dealkylation sites (tertiary alicyclic amines) is 1. The van der Waals surface area contributed by atoms with Crippen molar-refractivity contribution in [1.29, 1.82) is 0 Å². The lowest BCUT2D eigenvalue weighted by Crippen LogP contribution is -2.53. The van der Waals surface area contributed by atoms with Gasteiger partial charge in [-0.05, 0) is 31.6 Å². The molecule has 7 nitrogen and oxygen atoms in total. The molecule has 1 amide bonds. The molecule has 2 fully saturated rings. The van der Waals surface area contributed by atoms with Crippen LogP contribution in [-0.2, 0) is 9.53 Å². The fourth-order valence-electron chi connectivity index (χ4n) is 3.84. The maximum Gasteiger partial charge on any atom is 0.243 e. The van der Waals surface area contributed by atoms with Crippen LogP contribution in [-0.4, -0.2) is 87.7 Å². The fraction of sp³-hybridized carbons (Fsp3) is 0.900. The number of carbonyl (C=O) groups excluding carboxylic acids is 1. The second kappa shape index (κ2) is 11.5. The quantitative estimate of drug-likeness (QED) is 0.514. The first-order chi connectivity index (χ1) is 13.0. The molecule has 2 rings (SSSR count). The predicted molar refractivity (Wildman–Crippen MR) is 110 cm³/mol. The summed E-state index contributed by atoms with van der Waals surface area (Å²) in [6.45, 7) is 6.44. The second-order valence-electron chi connectivity index (χ2n) is 8.22. The summed E-state index contributed by atoms with van der Waals surface area (Å²) in [5.41, 5.74) is 0. The lowest BCUT2D eigenvalue weighted by Gasteiger charge is -2.35. The van der Waals surface area contributed by atoms with Crippen molar-refractivity contribution in [3.63, 3.8) is 0 Å². The van der Waals surface area contributed by atoms with Crippen molar-refractivity contribution in [2.24, 2.45) is 10.9 Å². The number of hydrogen-bond donors (Lipinski definition) is 2. The number of likely N-dealkylation sites (N-methyl/N-ethyl adjacent to an activating group) is 1. The van der Waals surface area contributed by atoms with E-state index >= 15 is 0 Å². The van der Waals surface area contributed by atoms with Crippen LogP contribution < -0.4 is 10.6 Å². The Kier molecular flexibility index (Phi) is 9.34. The van der Waals surface area contributed by atoms with Crippen molar-refractivity contribution in [3.8, 4) is 0 Å². The topological polar surface area (TPSA) is 69.2 Å². The molecule has 1 saturated carbocycles. The molecule has 0 bridgehead atoms. The van der Waals surface area contributed by atoms with Gasteiger partial charge >= 0.3 is 0 Å². The molecule has 27 heavy (non-hydrogen) atoms. The maximum atomic E-state index is 12.0. The van der Waals surface area contributed by atoms with Crippen LogP contribution in [0, 0.1) is 5.92 Å². The van der Waals surface area contributed by atoms with Gasteiger partial charge in [-0.1, -0.05) is 19.8 Å². The van der Waals surface area contributed by atoms with Crippen LogP contribution in [0.15, 0.2) is 4.99 Å². The lowest BCUT2D eigenvalue weighted by molar-refractivity contribution is -0.127. The van der Waals surface area contributed by atoms with Gasteiger partial charge in [0.15, 0.2) is 5.96 Å². The smallest absolute Gasteiger partial charge is 0.243 e. The molecule has 0 spiro atoms. The highest BCUT2D eigenvalue weighted by Gasteiger charge is 2.24. The number of ether oxygens (including phenoxy) is 1. The second-order valence-corrected chi connectivity index (χ2v) is 8.22. The third-order valence-electron chi connectivity index (χ3n) is 5.84. The number of carbonyl (C=O) groups is 1. The van der Waals surface area contributed by atoms with Crippen molar-refractivity contribution in [3.05, 3.63) is 0 Å². The molecule has 0 radical (unpaired) electrons. The zero-order valence-corrected chi connectivity index (χ0v) is 17.7. The molecular formula is C20H39N5O2. The van der Waals surface area contributed by atoms with E-state index in [0.717, 1.165) is 45.0 Å². The molecule has 156 valence electrons. The number of aliphatic imine (C=N–C) groups is 1. The molecule has 7 heteroatoms. The number of methoxy groups -OCH3 is 1. The first kappa shape index (κ1) is 22.0. The summed E-state index contributed by atoms with van der Waals surface area (Å²) in [5, 5.41) is 7.23. The zero-order valence-electron chi connectivity index (χ0n) is 17.7. The van der Waals surface area contributed by atoms with E-state index in [1.807, 2.05) is 0 Å². The molecule has 2 N–H and O–H groups in total. The van der Waals surface area contributed by atoms with E-state index in [-0.39, 0.29) is 12.5 Å². The summed E-state index contributed by atoms with van der Waals surface area (Å²) in [6.07, 6.45) is 7.21. The van der Waals surface area contributed by atoms with Gasteiger partial charge in [0.2, 0.25) is 5.91 Å². The average molecular weight is 382 g/mol. The van der Waals surface area contributed by atoms with Crippen LogP contribution in [0.4, 0.5) is 0 Å². The van der Waals surface area contributed by atoms with Gasteiger partial charge < -0.3 is 25.2 Å². The van der Waals surface area contributed by atoms with E-state index < -0.39 is 0 Å². The summed E-state index contributed by atoms with van der Waals surface area (Å²) in [6, 6.07) is 0.852. The van der Waals surface area contributed by atoms with Gasteiger partial charge in [0.1, 0.15) is 6.54 Å². The largest absolute Gasteiger partial charge is 0.383 e. The molecule has 2 aliphatic rings. The van der Waals surface area contributed by atoms with E-state index in [2.05, 4.69) is 27.4 Å². The first-order valence-electron chi connectivity index (χ1n) is 10.5. The summed E-state index contributed by atoms with van der Waals surface area (Å²) >= 11 is 0. The van der Waals surface area contributed by atoms with Gasteiger partial charge in [-0.2, -0.15) is 0 Å². The van der Waals surface area contributed by atoms with Crippen molar-refractivity contribution in [2.45, 2.75) is 57.5 Å². The molecule has 1 saturated heterocycles. The van der Waals surface area contributed by atoms with Crippen LogP contribution in [0.1, 0.15) is 45.4 Å². The third kappa shape index (κ3) is 7.66. The van der Waals surface area contributed by atoms with Crippen molar-refractivity contribution in [1.82, 2.24) is 20.4 Å². The van der Waals surface area contributed by atoms with E-state index in [1.165, 1.54) is 25.7 Å². The molecule has 1 aliphatic carbocycles. The number of nitrogens with zero attached hydrogens (tertiary/aromatic N) is 3. The van der Waals surface area contributed by atoms with E-state index in [1.54, 1.807) is 26.1 Å². The zero-order chi connectivity index (χ0) is 19.6. The summed E-state index contributed by atoms with van der Waals surface area (Å²) in [7, 11) is 5.30. The molecule has 0 aromatic rings. The molecule has 2 unspecified atom stereocenters. The van der Waals surface area contributed by atoms with Crippen LogP contribution in [0.5, 0.6) is 0 Å². The van der Waals surface area contributed by atoms with E-state index in [9.17, 15) is 4.79 Å². The Hall–Kier alpha value is -1.34. The Morgan fingerprint density at radius 3 is 2.48 bits per heavy atom. The molecular weight excluding hydrogens is 342 g/mol. The minimum atomic E-state index is 0.0298. The Morgan fingerprint density at radius 1 is 1.15 bits per heavy atom. The van der Waals surface area contributed by atoms with Crippen molar-refractivity contribution >= 4 is 11.9 Å². The number of nitrogens with one attached hydrogen (secondary N) is 2. The Balaban J connectivity index is 1.91. The molecule has 1 aliphatic heterocycles. The summed E-state index contributed by atoms with van der Waals surface area (Å²) in [5.74, 6) is 1.48. The minimum absolute atomic E-state index is 0.0298. The number of rotatable bonds is 7. The Morgan fingerprint density at radius 2 is 1.85 bits per heavy atom. The van der Waals surface area contributed by atoms with Gasteiger partial charge in [0, 0.05) is 52.9 Å². The van der Waals surface area contributed by atoms with Crippen molar-refractivity contribution in [2.75, 3.05) is 54.0 Å². The number of hydrogen-bond acceptors (Lipinski definition) is 4. The number of guanidine groups is 1. The first-order valence-corrected chi connectivity index (χ1v) is 10.5. The highest BCUT2D eigenvalue weighted by molar-refractivity contribution is 5.85. The van der Waals surface area contributed by atoms with E-state index in [0.29, 0.717) is 18.0 Å². The van der Waals surface area contributed by atoms with Crippen LogP contribution in [0.3, 0.4) is 0 Å². The van der Waals surface area contributed by atoms with Crippen molar-refractivity contribution < 1.29 is 9.53 Å². The average Bonchev–Trinajstić information content (AvgIpc) is 2.66. The summed E-state index contributed by atoms with van der Waals surface area (Å²) < 4.78 is 5.18. The normalized spacial score (nSPS) is 25.3. The van der Waals surface area contributed by atoms with Crippen LogP contribution in [0.25, 0.3) is 0 Å². The molecule has 0 aromatic heterocycles. The highest BCUT2D eigenvalue weighted by Crippen LogP contribution is 2.23. The van der Waals surface area contributed by atoms with Gasteiger partial charge in [0.05, 0.1) is 6.61 Å². The lowest BCUT2D eigenvalue weighted by atomic mass is 9.86. The van der Waals surface area contributed by atoms with Gasteiger partial charge in [0.25, 0.3) is 0 Å². The maximum absolute atomic E-state index is 12.0. The number of piperidine rings is 1. The SMILES string of the molecule is COCCN1CCC(NC(=NCC(=O)N(C)C)NC2CCCCC2C)CC1. The Bertz CT molecular complexity index is 475. The summed E-state index contributed by atoms with van der Waals surface area (Å²) in [4.78, 5) is 20.6. The number of amides is 1. The van der Waals surface area contributed by atoms with Crippen LogP contribution >= 0.6 is 0 Å². The van der Waals surface area contributed by atoms with E-state index in [4.69, 9.17) is 4.74 Å². The van der Waals surface area contributed by atoms with Gasteiger partial charge in [-0.15, -0.1) is 0 Å². The van der Waals surface area contributed by atoms with Gasteiger partial charge in [-0.25, -0.2) is 4.99 Å². The monoisotopic (exact) mass is 381 g/mol. The minimum Gasteiger partial charge on any atom is -0.383 e. The molecule has 2 atom stereocenters. The molecule has 1 heterocycles. The standard InChI is InChI=1S/C20H39N5O2/c1-16-7-5-6-8-18(16)23-20(21-15-19(26)24(2)3)22-17-9-11-25(12-10-17)13-14-27-4/h16-18H,5-15H2,1-4H3,(H2,21,22,23). The molecule has 0 aromatic carbocycles. The predicted octanol–water partition coefficient (Wildman–Crippen LogP) is 1.30. The Labute approximate surface area is 164 Å².